The predicted molar refractivity (Wildman–Crippen MR) is 160 cm³/mol. The van der Waals surface area contributed by atoms with Crippen LogP contribution in [0.5, 0.6) is 5.75 Å². The summed E-state index contributed by atoms with van der Waals surface area (Å²) in [5, 5.41) is 14.7. The number of rotatable bonds is 8. The van der Waals surface area contributed by atoms with Crippen LogP contribution in [0.25, 0.3) is 22.6 Å². The largest absolute Gasteiger partial charge is 0.491 e. The normalized spacial score (nSPS) is 15.3. The summed E-state index contributed by atoms with van der Waals surface area (Å²) in [5.41, 5.74) is 3.85. The Balaban J connectivity index is 1.68. The van der Waals surface area contributed by atoms with Gasteiger partial charge in [-0.15, -0.1) is 0 Å². The lowest BCUT2D eigenvalue weighted by atomic mass is 10.0. The fourth-order valence-electron chi connectivity index (χ4n) is 5.67. The number of hydrogen-bond acceptors (Lipinski definition) is 9. The van der Waals surface area contributed by atoms with Gasteiger partial charge in [0.25, 0.3) is 5.56 Å². The SMILES string of the molecule is CCC[C@@H](O)COc1ccc(Cl)c(-c2nc(-c3c(C)noc3C)c(C)c(N3Cc4c(n(C)c(=O)n(C)c4=O)C3C)n2)c1. The first-order valence-corrected chi connectivity index (χ1v) is 14.3. The summed E-state index contributed by atoms with van der Waals surface area (Å²) in [6.45, 7) is 9.96. The summed E-state index contributed by atoms with van der Waals surface area (Å²) < 4.78 is 14.0. The topological polar surface area (TPSA) is 129 Å². The second-order valence-electron chi connectivity index (χ2n) is 10.8. The van der Waals surface area contributed by atoms with Crippen molar-refractivity contribution < 1.29 is 14.4 Å². The maximum Gasteiger partial charge on any atom is 0.330 e. The number of halogens is 1. The second-order valence-corrected chi connectivity index (χ2v) is 11.2. The molecule has 0 amide bonds. The Labute approximate surface area is 248 Å². The van der Waals surface area contributed by atoms with Crippen LogP contribution in [0.4, 0.5) is 5.82 Å². The molecule has 222 valence electrons. The molecule has 0 radical (unpaired) electrons. The van der Waals surface area contributed by atoms with Gasteiger partial charge in [0.2, 0.25) is 0 Å². The fourth-order valence-corrected chi connectivity index (χ4v) is 5.87. The van der Waals surface area contributed by atoms with Crippen LogP contribution in [-0.2, 0) is 20.6 Å². The molecule has 0 spiro atoms. The average molecular weight is 595 g/mol. The molecule has 4 aromatic rings. The Morgan fingerprint density at radius 3 is 2.57 bits per heavy atom. The van der Waals surface area contributed by atoms with Crippen molar-refractivity contribution >= 4 is 17.4 Å². The quantitative estimate of drug-likeness (QED) is 0.316. The van der Waals surface area contributed by atoms with Crippen LogP contribution in [0, 0.1) is 20.8 Å². The number of benzene rings is 1. The average Bonchev–Trinajstić information content (AvgIpc) is 3.48. The molecule has 0 aliphatic carbocycles. The van der Waals surface area contributed by atoms with Crippen molar-refractivity contribution in [3.63, 3.8) is 0 Å². The van der Waals surface area contributed by atoms with Gasteiger partial charge in [-0.05, 0) is 52.3 Å². The van der Waals surface area contributed by atoms with E-state index in [1.54, 1.807) is 25.2 Å². The standard InChI is InChI=1S/C30H35ClN6O5/c1-8-9-19(38)14-41-20-10-11-23(31)21(12-20)27-32-25(24-16(3)34-42-18(24)5)15(2)28(33-27)37-13-22-26(17(37)4)35(6)30(40)36(7)29(22)39/h10-12,17,19,38H,8-9,13-14H2,1-7H3/t17?,19-/m1/s1. The van der Waals surface area contributed by atoms with Crippen LogP contribution in [0.2, 0.25) is 5.02 Å². The zero-order valence-corrected chi connectivity index (χ0v) is 25.6. The molecule has 1 N–H and O–H groups in total. The monoisotopic (exact) mass is 594 g/mol. The van der Waals surface area contributed by atoms with Crippen LogP contribution in [-0.4, -0.2) is 42.1 Å². The van der Waals surface area contributed by atoms with E-state index in [9.17, 15) is 14.7 Å². The summed E-state index contributed by atoms with van der Waals surface area (Å²) in [6.07, 6.45) is 0.904. The summed E-state index contributed by atoms with van der Waals surface area (Å²) in [7, 11) is 3.16. The molecule has 0 saturated heterocycles. The molecule has 0 saturated carbocycles. The molecular weight excluding hydrogens is 560 g/mol. The molecule has 0 fully saturated rings. The number of aliphatic hydroxyl groups is 1. The highest BCUT2D eigenvalue weighted by Crippen LogP contribution is 2.41. The van der Waals surface area contributed by atoms with E-state index in [1.807, 2.05) is 39.5 Å². The first-order chi connectivity index (χ1) is 19.9. The fraction of sp³-hybridized carbons (Fsp3) is 0.433. The number of ether oxygens (including phenoxy) is 1. The van der Waals surface area contributed by atoms with Crippen LogP contribution in [0.15, 0.2) is 32.3 Å². The van der Waals surface area contributed by atoms with Gasteiger partial charge < -0.3 is 19.3 Å². The lowest BCUT2D eigenvalue weighted by molar-refractivity contribution is 0.0994. The molecule has 0 bridgehead atoms. The summed E-state index contributed by atoms with van der Waals surface area (Å²) in [5.74, 6) is 2.07. The van der Waals surface area contributed by atoms with Gasteiger partial charge in [-0.2, -0.15) is 0 Å². The third kappa shape index (κ3) is 5.00. The highest BCUT2D eigenvalue weighted by atomic mass is 35.5. The summed E-state index contributed by atoms with van der Waals surface area (Å²) in [4.78, 5) is 37.8. The summed E-state index contributed by atoms with van der Waals surface area (Å²) in [6, 6.07) is 4.89. The Morgan fingerprint density at radius 1 is 1.17 bits per heavy atom. The molecule has 1 aromatic carbocycles. The van der Waals surface area contributed by atoms with Gasteiger partial charge in [-0.25, -0.2) is 14.8 Å². The summed E-state index contributed by atoms with van der Waals surface area (Å²) >= 11 is 6.70. The number of fused-ring (bicyclic) bond motifs is 1. The van der Waals surface area contributed by atoms with E-state index in [0.29, 0.717) is 62.8 Å². The zero-order valence-electron chi connectivity index (χ0n) is 24.9. The van der Waals surface area contributed by atoms with Crippen molar-refractivity contribution in [3.05, 3.63) is 72.3 Å². The third-order valence-electron chi connectivity index (χ3n) is 7.90. The van der Waals surface area contributed by atoms with Crippen molar-refractivity contribution in [1.29, 1.82) is 0 Å². The van der Waals surface area contributed by atoms with Gasteiger partial charge in [0.1, 0.15) is 23.9 Å². The number of aromatic nitrogens is 5. The first kappa shape index (κ1) is 29.5. The Bertz CT molecular complexity index is 1770. The van der Waals surface area contributed by atoms with Crippen LogP contribution >= 0.6 is 11.6 Å². The molecule has 2 atom stereocenters. The molecular formula is C30H35ClN6O5. The third-order valence-corrected chi connectivity index (χ3v) is 8.23. The molecule has 4 heterocycles. The van der Waals surface area contributed by atoms with Gasteiger partial charge in [-0.1, -0.05) is 30.1 Å². The maximum atomic E-state index is 13.1. The van der Waals surface area contributed by atoms with Crippen molar-refractivity contribution in [3.8, 4) is 28.4 Å². The lowest BCUT2D eigenvalue weighted by Gasteiger charge is -2.26. The van der Waals surface area contributed by atoms with E-state index < -0.39 is 6.10 Å². The van der Waals surface area contributed by atoms with Gasteiger partial charge in [0.15, 0.2) is 5.82 Å². The molecule has 3 aromatic heterocycles. The van der Waals surface area contributed by atoms with E-state index in [1.165, 1.54) is 11.6 Å². The first-order valence-electron chi connectivity index (χ1n) is 13.9. The van der Waals surface area contributed by atoms with E-state index in [4.69, 9.17) is 30.8 Å². The smallest absolute Gasteiger partial charge is 0.330 e. The molecule has 5 rings (SSSR count). The van der Waals surface area contributed by atoms with E-state index in [2.05, 4.69) is 5.16 Å². The number of anilines is 1. The minimum atomic E-state index is -0.579. The number of aliphatic hydroxyl groups excluding tert-OH is 1. The lowest BCUT2D eigenvalue weighted by Crippen LogP contribution is -2.40. The Kier molecular flexibility index (Phi) is 8.00. The van der Waals surface area contributed by atoms with Crippen LogP contribution in [0.1, 0.15) is 61.0 Å². The molecule has 42 heavy (non-hydrogen) atoms. The number of nitrogens with zero attached hydrogens (tertiary/aromatic N) is 6. The zero-order chi connectivity index (χ0) is 30.5. The molecule has 11 nitrogen and oxygen atoms in total. The minimum absolute atomic E-state index is 0.149. The van der Waals surface area contributed by atoms with Crippen molar-refractivity contribution in [2.24, 2.45) is 14.1 Å². The van der Waals surface area contributed by atoms with Crippen molar-refractivity contribution in [1.82, 2.24) is 24.3 Å². The predicted octanol–water partition coefficient (Wildman–Crippen LogP) is 4.40. The second kappa shape index (κ2) is 11.4. The van der Waals surface area contributed by atoms with Crippen LogP contribution in [0.3, 0.4) is 0 Å². The molecule has 12 heteroatoms. The Morgan fingerprint density at radius 2 is 1.90 bits per heavy atom. The molecule has 1 aliphatic heterocycles. The highest BCUT2D eigenvalue weighted by Gasteiger charge is 2.35. The van der Waals surface area contributed by atoms with E-state index in [0.717, 1.165) is 22.1 Å². The van der Waals surface area contributed by atoms with Gasteiger partial charge in [0.05, 0.1) is 51.9 Å². The molecule has 1 aliphatic rings. The van der Waals surface area contributed by atoms with Gasteiger partial charge in [-0.3, -0.25) is 13.9 Å². The highest BCUT2D eigenvalue weighted by molar-refractivity contribution is 6.33. The van der Waals surface area contributed by atoms with Crippen LogP contribution < -0.4 is 20.9 Å². The molecule has 1 unspecified atom stereocenters. The van der Waals surface area contributed by atoms with Crippen molar-refractivity contribution in [2.45, 2.75) is 66.2 Å². The number of hydrogen-bond donors (Lipinski definition) is 1. The van der Waals surface area contributed by atoms with E-state index in [-0.39, 0.29) is 30.4 Å². The minimum Gasteiger partial charge on any atom is -0.491 e. The van der Waals surface area contributed by atoms with Gasteiger partial charge >= 0.3 is 5.69 Å². The number of aryl methyl sites for hydroxylation is 2. The van der Waals surface area contributed by atoms with Crippen molar-refractivity contribution in [2.75, 3.05) is 11.5 Å². The maximum absolute atomic E-state index is 13.1. The van der Waals surface area contributed by atoms with E-state index >= 15 is 0 Å². The Hall–Kier alpha value is -3.96. The van der Waals surface area contributed by atoms with Gasteiger partial charge in [0, 0.05) is 25.2 Å².